The summed E-state index contributed by atoms with van der Waals surface area (Å²) in [6.45, 7) is 6.88. The van der Waals surface area contributed by atoms with Crippen molar-refractivity contribution in [3.8, 4) is 0 Å². The summed E-state index contributed by atoms with van der Waals surface area (Å²) < 4.78 is 0. The first-order valence-electron chi connectivity index (χ1n) is 4.68. The summed E-state index contributed by atoms with van der Waals surface area (Å²) in [5, 5.41) is 4.47. The average Bonchev–Trinajstić information content (AvgIpc) is 2.04. The molecule has 0 heterocycles. The first-order valence-corrected chi connectivity index (χ1v) is 15.4. The summed E-state index contributed by atoms with van der Waals surface area (Å²) in [4.78, 5) is 0. The molecule has 0 rings (SSSR count). The van der Waals surface area contributed by atoms with E-state index in [0.717, 1.165) is 0 Å². The molecule has 0 aromatic rings. The van der Waals surface area contributed by atoms with Gasteiger partial charge in [-0.2, -0.15) is 0 Å². The molecule has 0 aliphatic heterocycles. The van der Waals surface area contributed by atoms with Crippen LogP contribution in [-0.2, 0) is 0 Å². The van der Waals surface area contributed by atoms with E-state index in [4.69, 9.17) is 0 Å². The van der Waals surface area contributed by atoms with Crippen LogP contribution in [0.3, 0.4) is 0 Å². The Morgan fingerprint density at radius 1 is 0.727 bits per heavy atom. The van der Waals surface area contributed by atoms with Crippen molar-refractivity contribution in [2.75, 3.05) is 0 Å². The van der Waals surface area contributed by atoms with E-state index in [2.05, 4.69) is 38.0 Å². The van der Waals surface area contributed by atoms with Gasteiger partial charge in [0.05, 0.1) is 0 Å². The Balaban J connectivity index is 0. The molecule has 0 N–H and O–H groups in total. The SMILES string of the molecule is C[CH2][Ge]([CH3])[CH2]C.C[CH2][Ge]([CH3])[CH3]. The van der Waals surface area contributed by atoms with Crippen LogP contribution in [0.5, 0.6) is 0 Å². The molecular formula is C9H24Ge2. The zero-order valence-electron chi connectivity index (χ0n) is 9.12. The summed E-state index contributed by atoms with van der Waals surface area (Å²) in [6, 6.07) is 0. The number of rotatable bonds is 3. The fourth-order valence-electron chi connectivity index (χ4n) is 0.250. The number of hydrogen-bond acceptors (Lipinski definition) is 0. The van der Waals surface area contributed by atoms with E-state index in [1.807, 2.05) is 0 Å². The Morgan fingerprint density at radius 2 is 1.00 bits per heavy atom. The molecule has 0 atom stereocenters. The minimum absolute atomic E-state index is 0.356. The van der Waals surface area contributed by atoms with Crippen LogP contribution in [0, 0.1) is 0 Å². The second-order valence-corrected chi connectivity index (χ2v) is 16.8. The maximum atomic E-state index is 2.44. The van der Waals surface area contributed by atoms with Crippen LogP contribution in [0.4, 0.5) is 0 Å². The third-order valence-corrected chi connectivity index (χ3v) is 9.95. The van der Waals surface area contributed by atoms with Gasteiger partial charge < -0.3 is 0 Å². The predicted octanol–water partition coefficient (Wildman–Crippen LogP) is 3.91. The molecule has 2 heteroatoms. The summed E-state index contributed by atoms with van der Waals surface area (Å²) >= 11 is -0.736. The van der Waals surface area contributed by atoms with Crippen LogP contribution in [0.2, 0.25) is 33.0 Å². The molecule has 11 heavy (non-hydrogen) atoms. The molecule has 0 nitrogen and oxygen atoms in total. The monoisotopic (exact) mass is 280 g/mol. The third-order valence-electron chi connectivity index (χ3n) is 1.91. The Morgan fingerprint density at radius 3 is 1.00 bits per heavy atom. The van der Waals surface area contributed by atoms with E-state index in [0.29, 0.717) is 0 Å². The second-order valence-electron chi connectivity index (χ2n) is 3.22. The third kappa shape index (κ3) is 18.2. The molecule has 0 unspecified atom stereocenters. The van der Waals surface area contributed by atoms with E-state index < -0.39 is 0 Å². The van der Waals surface area contributed by atoms with Crippen LogP contribution in [0.15, 0.2) is 0 Å². The van der Waals surface area contributed by atoms with E-state index in [-0.39, 0.29) is 28.7 Å². The minimum atomic E-state index is -0.380. The zero-order chi connectivity index (χ0) is 9.28. The van der Waals surface area contributed by atoms with Crippen molar-refractivity contribution in [1.82, 2.24) is 0 Å². The van der Waals surface area contributed by atoms with Gasteiger partial charge in [0.15, 0.2) is 0 Å². The van der Waals surface area contributed by atoms with E-state index >= 15 is 0 Å². The molecule has 0 aromatic carbocycles. The van der Waals surface area contributed by atoms with Gasteiger partial charge in [-0.15, -0.1) is 0 Å². The van der Waals surface area contributed by atoms with Crippen molar-refractivity contribution < 1.29 is 0 Å². The molecular weight excluding hydrogens is 253 g/mol. The van der Waals surface area contributed by atoms with Gasteiger partial charge >= 0.3 is 82.5 Å². The Hall–Kier alpha value is 1.09. The normalized spacial score (nSPS) is 9.82. The molecule has 0 aliphatic rings. The van der Waals surface area contributed by atoms with Crippen molar-refractivity contribution in [1.29, 1.82) is 0 Å². The standard InChI is InChI=1S/C5H13Ge.C4H11Ge/c1-4-6(3)5-2;1-4-5(2)3/h4-5H2,1-3H3;4H2,1-3H3. The van der Waals surface area contributed by atoms with Crippen molar-refractivity contribution in [2.24, 2.45) is 0 Å². The first kappa shape index (κ1) is 14.6. The second kappa shape index (κ2) is 11.1. The van der Waals surface area contributed by atoms with Crippen LogP contribution < -0.4 is 0 Å². The molecule has 0 amide bonds. The summed E-state index contributed by atoms with van der Waals surface area (Å²) in [5.41, 5.74) is 0. The van der Waals surface area contributed by atoms with Crippen LogP contribution in [0.1, 0.15) is 20.8 Å². The van der Waals surface area contributed by atoms with Gasteiger partial charge in [-0.3, -0.25) is 0 Å². The molecule has 0 saturated carbocycles. The van der Waals surface area contributed by atoms with Crippen molar-refractivity contribution in [3.63, 3.8) is 0 Å². The quantitative estimate of drug-likeness (QED) is 0.686. The molecule has 68 valence electrons. The Labute approximate surface area is 82.4 Å². The summed E-state index contributed by atoms with van der Waals surface area (Å²) in [5.74, 6) is 7.22. The summed E-state index contributed by atoms with van der Waals surface area (Å²) in [7, 11) is 0. The van der Waals surface area contributed by atoms with Gasteiger partial charge in [-0.25, -0.2) is 0 Å². The maximum absolute atomic E-state index is 2.44. The Bertz CT molecular complexity index is 58.6. The van der Waals surface area contributed by atoms with Gasteiger partial charge in [0.2, 0.25) is 0 Å². The topological polar surface area (TPSA) is 0 Å². The average molecular weight is 278 g/mol. The van der Waals surface area contributed by atoms with Crippen molar-refractivity contribution >= 4 is 28.7 Å². The van der Waals surface area contributed by atoms with E-state index in [9.17, 15) is 0 Å². The van der Waals surface area contributed by atoms with Crippen LogP contribution in [-0.4, -0.2) is 28.7 Å². The molecule has 0 fully saturated rings. The molecule has 0 saturated heterocycles. The first-order chi connectivity index (χ1) is 5.08. The van der Waals surface area contributed by atoms with Gasteiger partial charge in [0.25, 0.3) is 0 Å². The fourth-order valence-corrected chi connectivity index (χ4v) is 1.30. The van der Waals surface area contributed by atoms with Crippen molar-refractivity contribution in [3.05, 3.63) is 0 Å². The molecule has 2 radical (unpaired) electrons. The molecule has 0 bridgehead atoms. The summed E-state index contributed by atoms with van der Waals surface area (Å²) in [6.07, 6.45) is 0. The van der Waals surface area contributed by atoms with Crippen molar-refractivity contribution in [2.45, 2.75) is 53.8 Å². The zero-order valence-corrected chi connectivity index (χ0v) is 13.3. The van der Waals surface area contributed by atoms with Gasteiger partial charge in [-0.1, -0.05) is 0 Å². The van der Waals surface area contributed by atoms with Crippen LogP contribution in [0.25, 0.3) is 0 Å². The Kier molecular flexibility index (Phi) is 14.7. The fraction of sp³-hybridized carbons (Fsp3) is 1.00. The van der Waals surface area contributed by atoms with Gasteiger partial charge in [-0.05, 0) is 0 Å². The van der Waals surface area contributed by atoms with Gasteiger partial charge in [0.1, 0.15) is 0 Å². The van der Waals surface area contributed by atoms with E-state index in [1.54, 1.807) is 0 Å². The predicted molar refractivity (Wildman–Crippen MR) is 60.5 cm³/mol. The molecule has 0 aromatic heterocycles. The van der Waals surface area contributed by atoms with Crippen LogP contribution >= 0.6 is 0 Å². The molecule has 0 spiro atoms. The molecule has 0 aliphatic carbocycles. The van der Waals surface area contributed by atoms with Gasteiger partial charge in [0, 0.05) is 0 Å². The van der Waals surface area contributed by atoms with E-state index in [1.165, 1.54) is 15.8 Å². The number of hydrogen-bond donors (Lipinski definition) is 0.